The van der Waals surface area contributed by atoms with Gasteiger partial charge in [0.05, 0.1) is 0 Å². The predicted octanol–water partition coefficient (Wildman–Crippen LogP) is 4.43. The van der Waals surface area contributed by atoms with E-state index in [1.54, 1.807) is 48.6 Å². The van der Waals surface area contributed by atoms with Crippen molar-refractivity contribution in [3.05, 3.63) is 76.8 Å². The fourth-order valence-corrected chi connectivity index (χ4v) is 2.57. The highest BCUT2D eigenvalue weighted by molar-refractivity contribution is 6.30. The van der Waals surface area contributed by atoms with Crippen LogP contribution in [-0.2, 0) is 16.1 Å². The Morgan fingerprint density at radius 3 is 2.66 bits per heavy atom. The lowest BCUT2D eigenvalue weighted by molar-refractivity contribution is -0.138. The van der Waals surface area contributed by atoms with Crippen LogP contribution in [0.5, 0.6) is 11.5 Å². The van der Waals surface area contributed by atoms with Gasteiger partial charge in [-0.15, -0.1) is 0 Å². The van der Waals surface area contributed by atoms with Crippen molar-refractivity contribution < 1.29 is 19.0 Å². The summed E-state index contributed by atoms with van der Waals surface area (Å²) in [5.41, 5.74) is 1.52. The van der Waals surface area contributed by atoms with Crippen LogP contribution in [0.15, 0.2) is 60.7 Å². The van der Waals surface area contributed by atoms with Crippen LogP contribution >= 0.6 is 11.6 Å². The summed E-state index contributed by atoms with van der Waals surface area (Å²) < 4.78 is 16.6. The number of ether oxygens (including phenoxy) is 3. The minimum Gasteiger partial charge on any atom is -0.481 e. The normalized spacial score (nSPS) is 13.7. The molecular formula is C24H17ClO4. The average Bonchev–Trinajstić information content (AvgIpc) is 2.74. The molecule has 0 aromatic heterocycles. The zero-order valence-corrected chi connectivity index (χ0v) is 16.2. The van der Waals surface area contributed by atoms with Crippen molar-refractivity contribution in [2.75, 3.05) is 13.2 Å². The number of rotatable bonds is 4. The molecule has 0 radical (unpaired) electrons. The maximum Gasteiger partial charge on any atom is 0.331 e. The first-order valence-electron chi connectivity index (χ1n) is 8.81. The maximum atomic E-state index is 12.0. The van der Waals surface area contributed by atoms with Crippen LogP contribution in [0, 0.1) is 23.7 Å². The molecule has 0 aliphatic carbocycles. The molecule has 2 bridgehead atoms. The lowest BCUT2D eigenvalue weighted by atomic mass is 10.2. The summed E-state index contributed by atoms with van der Waals surface area (Å²) in [6.07, 6.45) is 6.31. The van der Waals surface area contributed by atoms with Crippen molar-refractivity contribution in [2.45, 2.75) is 6.61 Å². The first-order valence-corrected chi connectivity index (χ1v) is 9.19. The van der Waals surface area contributed by atoms with E-state index in [0.717, 1.165) is 5.56 Å². The monoisotopic (exact) mass is 404 g/mol. The highest BCUT2D eigenvalue weighted by Crippen LogP contribution is 2.26. The van der Waals surface area contributed by atoms with Crippen molar-refractivity contribution in [1.82, 2.24) is 0 Å². The molecule has 1 heterocycles. The summed E-state index contributed by atoms with van der Waals surface area (Å²) in [5.74, 6) is 12.1. The largest absolute Gasteiger partial charge is 0.481 e. The second-order valence-electron chi connectivity index (χ2n) is 5.82. The van der Waals surface area contributed by atoms with Gasteiger partial charge >= 0.3 is 5.97 Å². The summed E-state index contributed by atoms with van der Waals surface area (Å²) in [4.78, 5) is 12.0. The lowest BCUT2D eigenvalue weighted by Gasteiger charge is -2.12. The molecule has 29 heavy (non-hydrogen) atoms. The van der Waals surface area contributed by atoms with Crippen molar-refractivity contribution in [2.24, 2.45) is 0 Å². The number of carbonyl (C=O) groups excluding carboxylic acids is 1. The summed E-state index contributed by atoms with van der Waals surface area (Å²) in [7, 11) is 0. The molecule has 0 spiro atoms. The van der Waals surface area contributed by atoms with E-state index in [1.807, 2.05) is 12.1 Å². The first-order chi connectivity index (χ1) is 14.2. The van der Waals surface area contributed by atoms with Gasteiger partial charge in [-0.3, -0.25) is 0 Å². The quantitative estimate of drug-likeness (QED) is 0.429. The number of hydrogen-bond donors (Lipinski definition) is 0. The molecule has 0 fully saturated rings. The van der Waals surface area contributed by atoms with Crippen LogP contribution in [0.4, 0.5) is 0 Å². The molecular weight excluding hydrogens is 388 g/mol. The van der Waals surface area contributed by atoms with Gasteiger partial charge in [0, 0.05) is 22.7 Å². The maximum absolute atomic E-state index is 12.0. The minimum absolute atomic E-state index is 0.0570. The Labute approximate surface area is 174 Å². The van der Waals surface area contributed by atoms with Crippen molar-refractivity contribution in [3.63, 3.8) is 0 Å². The second-order valence-corrected chi connectivity index (χ2v) is 6.25. The molecule has 0 atom stereocenters. The number of carbonyl (C=O) groups is 1. The molecule has 3 rings (SSSR count). The third-order valence-electron chi connectivity index (χ3n) is 3.73. The summed E-state index contributed by atoms with van der Waals surface area (Å²) in [6.45, 7) is 0.498. The highest BCUT2D eigenvalue weighted by Gasteiger charge is 2.09. The SMILES string of the molecule is O=C(/C=C/c1cccc(Cl)c1)OCc1ccc2cc1OCC#C/C=C\C#CCO2. The molecule has 0 saturated carbocycles. The Hall–Kier alpha value is -3.60. The number of esters is 1. The lowest BCUT2D eigenvalue weighted by Crippen LogP contribution is -2.04. The smallest absolute Gasteiger partial charge is 0.331 e. The molecule has 1 aliphatic rings. The second kappa shape index (κ2) is 10.7. The minimum atomic E-state index is -0.470. The van der Waals surface area contributed by atoms with Gasteiger partial charge in [-0.2, -0.15) is 0 Å². The van der Waals surface area contributed by atoms with E-state index in [-0.39, 0.29) is 19.8 Å². The Bertz CT molecular complexity index is 1060. The van der Waals surface area contributed by atoms with Gasteiger partial charge in [0.1, 0.15) is 31.3 Å². The zero-order valence-electron chi connectivity index (χ0n) is 15.5. The van der Waals surface area contributed by atoms with Gasteiger partial charge in [-0.25, -0.2) is 4.79 Å². The molecule has 0 unspecified atom stereocenters. The van der Waals surface area contributed by atoms with E-state index >= 15 is 0 Å². The van der Waals surface area contributed by atoms with Gasteiger partial charge in [-0.05, 0) is 48.1 Å². The average molecular weight is 405 g/mol. The van der Waals surface area contributed by atoms with Crippen LogP contribution in [-0.4, -0.2) is 19.2 Å². The van der Waals surface area contributed by atoms with Gasteiger partial charge in [0.2, 0.25) is 0 Å². The van der Waals surface area contributed by atoms with Crippen molar-refractivity contribution >= 4 is 23.6 Å². The molecule has 1 aliphatic heterocycles. The molecule has 2 aromatic rings. The Morgan fingerprint density at radius 2 is 1.86 bits per heavy atom. The first kappa shape index (κ1) is 20.1. The molecule has 144 valence electrons. The van der Waals surface area contributed by atoms with E-state index in [4.69, 9.17) is 25.8 Å². The molecule has 0 saturated heterocycles. The van der Waals surface area contributed by atoms with Gasteiger partial charge < -0.3 is 14.2 Å². The van der Waals surface area contributed by atoms with Crippen molar-refractivity contribution in [1.29, 1.82) is 0 Å². The molecule has 2 aromatic carbocycles. The number of allylic oxidation sites excluding steroid dienone is 2. The van der Waals surface area contributed by atoms with Gasteiger partial charge in [0.15, 0.2) is 0 Å². The number of benzene rings is 2. The summed E-state index contributed by atoms with van der Waals surface area (Å²) in [5, 5.41) is 0.601. The molecule has 5 heteroatoms. The van der Waals surface area contributed by atoms with Crippen LogP contribution in [0.3, 0.4) is 0 Å². The number of hydrogen-bond acceptors (Lipinski definition) is 4. The van der Waals surface area contributed by atoms with E-state index in [1.165, 1.54) is 6.08 Å². The Kier molecular flexibility index (Phi) is 7.41. The predicted molar refractivity (Wildman–Crippen MR) is 112 cm³/mol. The number of halogens is 1. The van der Waals surface area contributed by atoms with E-state index < -0.39 is 5.97 Å². The van der Waals surface area contributed by atoms with Gasteiger partial charge in [-0.1, -0.05) is 47.4 Å². The summed E-state index contributed by atoms with van der Waals surface area (Å²) >= 11 is 5.93. The third kappa shape index (κ3) is 6.81. The summed E-state index contributed by atoms with van der Waals surface area (Å²) in [6, 6.07) is 12.5. The highest BCUT2D eigenvalue weighted by atomic mass is 35.5. The topological polar surface area (TPSA) is 44.8 Å². The van der Waals surface area contributed by atoms with E-state index in [0.29, 0.717) is 22.1 Å². The molecule has 0 amide bonds. The van der Waals surface area contributed by atoms with Crippen LogP contribution < -0.4 is 9.47 Å². The number of fused-ring (bicyclic) bond motifs is 2. The molecule has 4 nitrogen and oxygen atoms in total. The fourth-order valence-electron chi connectivity index (χ4n) is 2.37. The third-order valence-corrected chi connectivity index (χ3v) is 3.97. The van der Waals surface area contributed by atoms with E-state index in [2.05, 4.69) is 23.7 Å². The van der Waals surface area contributed by atoms with E-state index in [9.17, 15) is 4.79 Å². The van der Waals surface area contributed by atoms with Gasteiger partial charge in [0.25, 0.3) is 0 Å². The fraction of sp³-hybridized carbons (Fsp3) is 0.125. The van der Waals surface area contributed by atoms with Crippen LogP contribution in [0.1, 0.15) is 11.1 Å². The van der Waals surface area contributed by atoms with Crippen LogP contribution in [0.25, 0.3) is 6.08 Å². The Morgan fingerprint density at radius 1 is 1.07 bits per heavy atom. The zero-order chi connectivity index (χ0) is 20.3. The standard InChI is InChI=1S/C24H17ClO4/c25-21-9-7-8-19(16-21)10-13-24(26)29-18-20-11-12-22-17-23(20)28-15-6-4-2-1-3-5-14-27-22/h1-2,7-13,16-17H,14-15,18H2/b2-1-,13-10+. The Balaban J connectivity index is 1.66. The molecule has 0 N–H and O–H groups in total. The van der Waals surface area contributed by atoms with Crippen LogP contribution in [0.2, 0.25) is 5.02 Å². The van der Waals surface area contributed by atoms with Crippen molar-refractivity contribution in [3.8, 4) is 35.2 Å².